The number of ether oxygens (including phenoxy) is 1. The van der Waals surface area contributed by atoms with Crippen molar-refractivity contribution in [3.8, 4) is 0 Å². The van der Waals surface area contributed by atoms with Crippen molar-refractivity contribution in [2.24, 2.45) is 11.3 Å². The van der Waals surface area contributed by atoms with Gasteiger partial charge in [0.05, 0.1) is 5.92 Å². The summed E-state index contributed by atoms with van der Waals surface area (Å²) in [5.41, 5.74) is 1.56. The minimum absolute atomic E-state index is 0.0276. The lowest BCUT2D eigenvalue weighted by Crippen LogP contribution is -2.31. The summed E-state index contributed by atoms with van der Waals surface area (Å²) in [5, 5.41) is 0. The standard InChI is InChI=1S/C18H24O2/c19-17(20-14-15-7-2-1-3-8-15)16-9-6-12-18(13-16)10-4-5-11-18/h1-3,7-8,16H,4-6,9-14H2. The van der Waals surface area contributed by atoms with Gasteiger partial charge in [0, 0.05) is 0 Å². The van der Waals surface area contributed by atoms with Crippen LogP contribution in [0.25, 0.3) is 0 Å². The molecule has 1 unspecified atom stereocenters. The first-order valence-corrected chi connectivity index (χ1v) is 7.98. The third kappa shape index (κ3) is 3.05. The highest BCUT2D eigenvalue weighted by Gasteiger charge is 2.41. The molecule has 2 heteroatoms. The van der Waals surface area contributed by atoms with Gasteiger partial charge in [0.1, 0.15) is 6.61 Å². The maximum absolute atomic E-state index is 12.3. The van der Waals surface area contributed by atoms with E-state index in [1.165, 1.54) is 38.5 Å². The van der Waals surface area contributed by atoms with Gasteiger partial charge in [-0.05, 0) is 43.1 Å². The quantitative estimate of drug-likeness (QED) is 0.758. The third-order valence-corrected chi connectivity index (χ3v) is 5.16. The van der Waals surface area contributed by atoms with E-state index in [1.807, 2.05) is 30.3 Å². The van der Waals surface area contributed by atoms with E-state index in [0.29, 0.717) is 12.0 Å². The lowest BCUT2D eigenvalue weighted by molar-refractivity contribution is -0.152. The zero-order valence-electron chi connectivity index (χ0n) is 12.1. The highest BCUT2D eigenvalue weighted by Crippen LogP contribution is 2.50. The van der Waals surface area contributed by atoms with E-state index in [9.17, 15) is 4.79 Å². The topological polar surface area (TPSA) is 26.3 Å². The summed E-state index contributed by atoms with van der Waals surface area (Å²) in [6.07, 6.45) is 9.99. The predicted molar refractivity (Wildman–Crippen MR) is 79.1 cm³/mol. The SMILES string of the molecule is O=C(OCc1ccccc1)C1CCCC2(CCCC2)C1. The first-order valence-electron chi connectivity index (χ1n) is 7.98. The van der Waals surface area contributed by atoms with Gasteiger partial charge < -0.3 is 4.74 Å². The van der Waals surface area contributed by atoms with Gasteiger partial charge in [-0.25, -0.2) is 0 Å². The van der Waals surface area contributed by atoms with Crippen LogP contribution in [0.3, 0.4) is 0 Å². The maximum Gasteiger partial charge on any atom is 0.309 e. The molecular weight excluding hydrogens is 248 g/mol. The van der Waals surface area contributed by atoms with Gasteiger partial charge in [-0.1, -0.05) is 49.6 Å². The van der Waals surface area contributed by atoms with Gasteiger partial charge in [0.2, 0.25) is 0 Å². The zero-order valence-corrected chi connectivity index (χ0v) is 12.1. The van der Waals surface area contributed by atoms with Crippen LogP contribution in [0, 0.1) is 11.3 Å². The highest BCUT2D eigenvalue weighted by molar-refractivity contribution is 5.72. The number of hydrogen-bond donors (Lipinski definition) is 0. The van der Waals surface area contributed by atoms with Crippen LogP contribution in [0.4, 0.5) is 0 Å². The van der Waals surface area contributed by atoms with E-state index in [4.69, 9.17) is 4.74 Å². The number of esters is 1. The molecule has 20 heavy (non-hydrogen) atoms. The number of carbonyl (C=O) groups is 1. The van der Waals surface area contributed by atoms with Crippen LogP contribution in [0.15, 0.2) is 30.3 Å². The van der Waals surface area contributed by atoms with E-state index in [2.05, 4.69) is 0 Å². The van der Waals surface area contributed by atoms with Crippen LogP contribution in [0.5, 0.6) is 0 Å². The molecule has 2 saturated carbocycles. The van der Waals surface area contributed by atoms with Gasteiger partial charge >= 0.3 is 5.97 Å². The first kappa shape index (κ1) is 13.7. The van der Waals surface area contributed by atoms with Gasteiger partial charge in [0.25, 0.3) is 0 Å². The molecule has 1 aromatic rings. The fourth-order valence-electron chi connectivity index (χ4n) is 4.08. The van der Waals surface area contributed by atoms with Crippen molar-refractivity contribution in [1.29, 1.82) is 0 Å². The maximum atomic E-state index is 12.3. The number of rotatable bonds is 3. The molecule has 0 aromatic heterocycles. The van der Waals surface area contributed by atoms with Crippen molar-refractivity contribution in [1.82, 2.24) is 0 Å². The van der Waals surface area contributed by atoms with Gasteiger partial charge in [-0.15, -0.1) is 0 Å². The Hall–Kier alpha value is -1.31. The molecule has 2 fully saturated rings. The second-order valence-electron chi connectivity index (χ2n) is 6.59. The minimum Gasteiger partial charge on any atom is -0.461 e. The summed E-state index contributed by atoms with van der Waals surface area (Å²) < 4.78 is 5.53. The highest BCUT2D eigenvalue weighted by atomic mass is 16.5. The lowest BCUT2D eigenvalue weighted by Gasteiger charge is -2.37. The van der Waals surface area contributed by atoms with Crippen molar-refractivity contribution < 1.29 is 9.53 Å². The second kappa shape index (κ2) is 5.99. The normalized spacial score (nSPS) is 24.7. The molecule has 2 aliphatic rings. The molecular formula is C18H24O2. The molecule has 1 aromatic carbocycles. The Balaban J connectivity index is 1.54. The zero-order chi connectivity index (χ0) is 13.8. The Labute approximate surface area is 121 Å². The number of carbonyl (C=O) groups excluding carboxylic acids is 1. The first-order chi connectivity index (χ1) is 9.77. The fraction of sp³-hybridized carbons (Fsp3) is 0.611. The lowest BCUT2D eigenvalue weighted by atomic mass is 9.68. The van der Waals surface area contributed by atoms with E-state index >= 15 is 0 Å². The van der Waals surface area contributed by atoms with Crippen molar-refractivity contribution in [3.05, 3.63) is 35.9 Å². The average molecular weight is 272 g/mol. The predicted octanol–water partition coefficient (Wildman–Crippen LogP) is 4.48. The molecule has 108 valence electrons. The molecule has 0 saturated heterocycles. The molecule has 0 heterocycles. The Morgan fingerprint density at radius 2 is 1.80 bits per heavy atom. The summed E-state index contributed by atoms with van der Waals surface area (Å²) in [4.78, 5) is 12.3. The Morgan fingerprint density at radius 3 is 2.55 bits per heavy atom. The van der Waals surface area contributed by atoms with Gasteiger partial charge in [-0.3, -0.25) is 4.79 Å². The van der Waals surface area contributed by atoms with E-state index in [0.717, 1.165) is 18.4 Å². The molecule has 0 aliphatic heterocycles. The molecule has 2 nitrogen and oxygen atoms in total. The Bertz CT molecular complexity index is 446. The minimum atomic E-state index is 0.0276. The summed E-state index contributed by atoms with van der Waals surface area (Å²) in [6.45, 7) is 0.420. The summed E-state index contributed by atoms with van der Waals surface area (Å²) in [6, 6.07) is 9.96. The molecule has 2 aliphatic carbocycles. The second-order valence-corrected chi connectivity index (χ2v) is 6.59. The molecule has 0 amide bonds. The van der Waals surface area contributed by atoms with E-state index < -0.39 is 0 Å². The van der Waals surface area contributed by atoms with E-state index in [-0.39, 0.29) is 11.9 Å². The van der Waals surface area contributed by atoms with Crippen molar-refractivity contribution in [2.75, 3.05) is 0 Å². The molecule has 1 atom stereocenters. The van der Waals surface area contributed by atoms with Crippen molar-refractivity contribution >= 4 is 5.97 Å². The monoisotopic (exact) mass is 272 g/mol. The fourth-order valence-corrected chi connectivity index (χ4v) is 4.08. The molecule has 0 bridgehead atoms. The number of hydrogen-bond acceptors (Lipinski definition) is 2. The number of benzene rings is 1. The van der Waals surface area contributed by atoms with Crippen molar-refractivity contribution in [2.45, 2.75) is 58.0 Å². The van der Waals surface area contributed by atoms with Gasteiger partial charge in [0.15, 0.2) is 0 Å². The third-order valence-electron chi connectivity index (χ3n) is 5.16. The Kier molecular flexibility index (Phi) is 4.09. The van der Waals surface area contributed by atoms with Crippen LogP contribution in [-0.2, 0) is 16.1 Å². The van der Waals surface area contributed by atoms with Crippen LogP contribution in [-0.4, -0.2) is 5.97 Å². The van der Waals surface area contributed by atoms with Crippen LogP contribution >= 0.6 is 0 Å². The molecule has 0 N–H and O–H groups in total. The largest absolute Gasteiger partial charge is 0.461 e. The summed E-state index contributed by atoms with van der Waals surface area (Å²) >= 11 is 0. The van der Waals surface area contributed by atoms with Crippen LogP contribution in [0.2, 0.25) is 0 Å². The molecule has 3 rings (SSSR count). The van der Waals surface area contributed by atoms with Crippen LogP contribution in [0.1, 0.15) is 56.9 Å². The summed E-state index contributed by atoms with van der Waals surface area (Å²) in [7, 11) is 0. The summed E-state index contributed by atoms with van der Waals surface area (Å²) in [5.74, 6) is 0.172. The Morgan fingerprint density at radius 1 is 1.10 bits per heavy atom. The van der Waals surface area contributed by atoms with Crippen LogP contribution < -0.4 is 0 Å². The smallest absolute Gasteiger partial charge is 0.309 e. The van der Waals surface area contributed by atoms with Gasteiger partial charge in [-0.2, -0.15) is 0 Å². The molecule has 1 spiro atoms. The van der Waals surface area contributed by atoms with E-state index in [1.54, 1.807) is 0 Å². The van der Waals surface area contributed by atoms with Crippen molar-refractivity contribution in [3.63, 3.8) is 0 Å². The molecule has 0 radical (unpaired) electrons. The average Bonchev–Trinajstić information content (AvgIpc) is 2.93.